The number of nitrogens with one attached hydrogen (secondary N) is 1. The molecule has 1 aromatic rings. The van der Waals surface area contributed by atoms with Crippen molar-refractivity contribution in [3.05, 3.63) is 29.8 Å². The van der Waals surface area contributed by atoms with Gasteiger partial charge in [-0.1, -0.05) is 18.2 Å². The molecule has 0 aromatic heterocycles. The lowest BCUT2D eigenvalue weighted by Crippen LogP contribution is -2.29. The fourth-order valence-electron chi connectivity index (χ4n) is 2.12. The fourth-order valence-corrected chi connectivity index (χ4v) is 2.12. The van der Waals surface area contributed by atoms with Crippen molar-refractivity contribution in [3.8, 4) is 5.75 Å². The Morgan fingerprint density at radius 2 is 2.29 bits per heavy atom. The van der Waals surface area contributed by atoms with Crippen LogP contribution in [-0.2, 0) is 4.79 Å². The summed E-state index contributed by atoms with van der Waals surface area (Å²) >= 11 is 0. The van der Waals surface area contributed by atoms with Gasteiger partial charge in [0.05, 0.1) is 13.2 Å². The summed E-state index contributed by atoms with van der Waals surface area (Å²) in [6.07, 6.45) is 1.32. The summed E-state index contributed by atoms with van der Waals surface area (Å²) < 4.78 is 5.54. The van der Waals surface area contributed by atoms with Crippen LogP contribution in [0.15, 0.2) is 24.3 Å². The van der Waals surface area contributed by atoms with Crippen LogP contribution >= 0.6 is 0 Å². The highest BCUT2D eigenvalue weighted by molar-refractivity contribution is 5.77. The van der Waals surface area contributed by atoms with E-state index < -0.39 is 0 Å². The molecule has 2 rings (SSSR count). The summed E-state index contributed by atoms with van der Waals surface area (Å²) in [4.78, 5) is 11.6. The van der Waals surface area contributed by atoms with Crippen molar-refractivity contribution in [2.45, 2.75) is 18.8 Å². The van der Waals surface area contributed by atoms with Crippen molar-refractivity contribution in [1.29, 1.82) is 0 Å². The zero-order valence-corrected chi connectivity index (χ0v) is 9.69. The summed E-state index contributed by atoms with van der Waals surface area (Å²) in [7, 11) is 0. The molecule has 1 aliphatic heterocycles. The van der Waals surface area contributed by atoms with E-state index in [4.69, 9.17) is 9.84 Å². The van der Waals surface area contributed by atoms with Gasteiger partial charge in [-0.05, 0) is 24.0 Å². The zero-order valence-electron chi connectivity index (χ0n) is 9.69. The van der Waals surface area contributed by atoms with Crippen LogP contribution in [0, 0.1) is 0 Å². The van der Waals surface area contributed by atoms with Crippen LogP contribution < -0.4 is 10.1 Å². The number of fused-ring (bicyclic) bond motifs is 1. The zero-order chi connectivity index (χ0) is 12.1. The van der Waals surface area contributed by atoms with Crippen LogP contribution in [0.2, 0.25) is 0 Å². The lowest BCUT2D eigenvalue weighted by Gasteiger charge is -2.25. The molecule has 1 unspecified atom stereocenters. The summed E-state index contributed by atoms with van der Waals surface area (Å²) in [6, 6.07) is 7.85. The minimum Gasteiger partial charge on any atom is -0.493 e. The topological polar surface area (TPSA) is 58.6 Å². The van der Waals surface area contributed by atoms with Crippen molar-refractivity contribution >= 4 is 5.91 Å². The van der Waals surface area contributed by atoms with E-state index in [1.165, 1.54) is 0 Å². The second kappa shape index (κ2) is 5.68. The van der Waals surface area contributed by atoms with E-state index in [1.54, 1.807) is 0 Å². The molecule has 92 valence electrons. The molecule has 0 saturated heterocycles. The van der Waals surface area contributed by atoms with Gasteiger partial charge in [0, 0.05) is 13.0 Å². The molecule has 1 atom stereocenters. The Bertz CT molecular complexity index is 392. The molecule has 0 aliphatic carbocycles. The minimum absolute atomic E-state index is 0.0132. The Morgan fingerprint density at radius 1 is 1.47 bits per heavy atom. The summed E-state index contributed by atoms with van der Waals surface area (Å²) in [5, 5.41) is 11.3. The Morgan fingerprint density at radius 3 is 3.12 bits per heavy atom. The standard InChI is InChI=1S/C13H17NO3/c15-7-6-14-13(16)9-10-5-8-17-12-4-2-1-3-11(10)12/h1-4,10,15H,5-9H2,(H,14,16). The first-order chi connectivity index (χ1) is 8.31. The van der Waals surface area contributed by atoms with E-state index >= 15 is 0 Å². The largest absolute Gasteiger partial charge is 0.493 e. The number of carbonyl (C=O) groups is 1. The maximum atomic E-state index is 11.6. The fraction of sp³-hybridized carbons (Fsp3) is 0.462. The highest BCUT2D eigenvalue weighted by atomic mass is 16.5. The highest BCUT2D eigenvalue weighted by Gasteiger charge is 2.23. The van der Waals surface area contributed by atoms with Gasteiger partial charge in [-0.25, -0.2) is 0 Å². The minimum atomic E-state index is -0.0178. The number of carbonyl (C=O) groups excluding carboxylic acids is 1. The molecule has 1 aliphatic rings. The van der Waals surface area contributed by atoms with Gasteiger partial charge in [0.15, 0.2) is 0 Å². The monoisotopic (exact) mass is 235 g/mol. The predicted molar refractivity (Wildman–Crippen MR) is 64.0 cm³/mol. The second-order valence-electron chi connectivity index (χ2n) is 4.15. The Labute approximate surface area is 101 Å². The van der Waals surface area contributed by atoms with Crippen LogP contribution in [-0.4, -0.2) is 30.8 Å². The molecule has 4 nitrogen and oxygen atoms in total. The van der Waals surface area contributed by atoms with E-state index in [0.29, 0.717) is 19.6 Å². The third-order valence-electron chi connectivity index (χ3n) is 2.95. The molecule has 0 spiro atoms. The number of para-hydroxylation sites is 1. The van der Waals surface area contributed by atoms with E-state index in [-0.39, 0.29) is 18.4 Å². The Balaban J connectivity index is 2.01. The third-order valence-corrected chi connectivity index (χ3v) is 2.95. The maximum Gasteiger partial charge on any atom is 0.220 e. The van der Waals surface area contributed by atoms with Gasteiger partial charge in [0.2, 0.25) is 5.91 Å². The molecule has 0 fully saturated rings. The lowest BCUT2D eigenvalue weighted by molar-refractivity contribution is -0.121. The van der Waals surface area contributed by atoms with Crippen LogP contribution in [0.5, 0.6) is 5.75 Å². The van der Waals surface area contributed by atoms with E-state index in [1.807, 2.05) is 24.3 Å². The summed E-state index contributed by atoms with van der Waals surface area (Å²) in [6.45, 7) is 0.967. The van der Waals surface area contributed by atoms with Gasteiger partial charge in [-0.15, -0.1) is 0 Å². The predicted octanol–water partition coefficient (Wildman–Crippen LogP) is 1.05. The first kappa shape index (κ1) is 11.9. The van der Waals surface area contributed by atoms with Gasteiger partial charge in [0.25, 0.3) is 0 Å². The first-order valence-electron chi connectivity index (χ1n) is 5.90. The molecule has 1 heterocycles. The van der Waals surface area contributed by atoms with Gasteiger partial charge < -0.3 is 15.2 Å². The number of hydrogen-bond donors (Lipinski definition) is 2. The van der Waals surface area contributed by atoms with Crippen LogP contribution in [0.4, 0.5) is 0 Å². The van der Waals surface area contributed by atoms with Gasteiger partial charge in [-0.2, -0.15) is 0 Å². The number of rotatable bonds is 4. The maximum absolute atomic E-state index is 11.6. The normalized spacial score (nSPS) is 18.1. The lowest BCUT2D eigenvalue weighted by atomic mass is 9.90. The second-order valence-corrected chi connectivity index (χ2v) is 4.15. The molecule has 4 heteroatoms. The first-order valence-corrected chi connectivity index (χ1v) is 5.90. The van der Waals surface area contributed by atoms with Crippen molar-refractivity contribution in [2.75, 3.05) is 19.8 Å². The van der Waals surface area contributed by atoms with Gasteiger partial charge in [0.1, 0.15) is 5.75 Å². The highest BCUT2D eigenvalue weighted by Crippen LogP contribution is 2.35. The SMILES string of the molecule is O=C(CC1CCOc2ccccc21)NCCO. The average molecular weight is 235 g/mol. The summed E-state index contributed by atoms with van der Waals surface area (Å²) in [5.74, 6) is 1.10. The molecular weight excluding hydrogens is 218 g/mol. The smallest absolute Gasteiger partial charge is 0.220 e. The molecular formula is C13H17NO3. The van der Waals surface area contributed by atoms with Gasteiger partial charge >= 0.3 is 0 Å². The molecule has 17 heavy (non-hydrogen) atoms. The number of ether oxygens (including phenoxy) is 1. The van der Waals surface area contributed by atoms with Crippen LogP contribution in [0.1, 0.15) is 24.3 Å². The third kappa shape index (κ3) is 2.97. The molecule has 1 aromatic carbocycles. The van der Waals surface area contributed by atoms with E-state index in [2.05, 4.69) is 5.32 Å². The van der Waals surface area contributed by atoms with E-state index in [9.17, 15) is 4.79 Å². The molecule has 0 radical (unpaired) electrons. The molecule has 2 N–H and O–H groups in total. The number of amides is 1. The Kier molecular flexibility index (Phi) is 3.98. The molecule has 0 bridgehead atoms. The molecule has 0 saturated carbocycles. The van der Waals surface area contributed by atoms with Crippen molar-refractivity contribution in [1.82, 2.24) is 5.32 Å². The summed E-state index contributed by atoms with van der Waals surface area (Å²) in [5.41, 5.74) is 1.11. The van der Waals surface area contributed by atoms with Crippen molar-refractivity contribution in [3.63, 3.8) is 0 Å². The van der Waals surface area contributed by atoms with Gasteiger partial charge in [-0.3, -0.25) is 4.79 Å². The quantitative estimate of drug-likeness (QED) is 0.820. The number of benzene rings is 1. The number of aliphatic hydroxyl groups is 1. The van der Waals surface area contributed by atoms with E-state index in [0.717, 1.165) is 17.7 Å². The average Bonchev–Trinajstić information content (AvgIpc) is 2.37. The van der Waals surface area contributed by atoms with Crippen molar-refractivity contribution < 1.29 is 14.6 Å². The Hall–Kier alpha value is -1.55. The van der Waals surface area contributed by atoms with Crippen molar-refractivity contribution in [2.24, 2.45) is 0 Å². The van der Waals surface area contributed by atoms with Crippen LogP contribution in [0.3, 0.4) is 0 Å². The molecule has 1 amide bonds. The number of hydrogen-bond acceptors (Lipinski definition) is 3. The van der Waals surface area contributed by atoms with Crippen LogP contribution in [0.25, 0.3) is 0 Å². The number of aliphatic hydroxyl groups excluding tert-OH is 1.